The molecule has 90 valence electrons. The van der Waals surface area contributed by atoms with E-state index in [2.05, 4.69) is 12.2 Å². The Morgan fingerprint density at radius 1 is 1.25 bits per heavy atom. The third-order valence-electron chi connectivity index (χ3n) is 1.92. The molecule has 0 aromatic heterocycles. The van der Waals surface area contributed by atoms with Gasteiger partial charge in [-0.1, -0.05) is 27.2 Å². The number of benzene rings is 1. The number of hydrogen-bond acceptors (Lipinski definition) is 1. The van der Waals surface area contributed by atoms with Crippen LogP contribution in [0, 0.1) is 5.82 Å². The Hall–Kier alpha value is -1.38. The van der Waals surface area contributed by atoms with Crippen molar-refractivity contribution in [3.05, 3.63) is 35.6 Å². The number of carbonyl (C=O) groups is 1. The monoisotopic (exact) mass is 225 g/mol. The average Bonchev–Trinajstić information content (AvgIpc) is 2.33. The van der Waals surface area contributed by atoms with Crippen molar-refractivity contribution in [2.75, 3.05) is 6.54 Å². The molecule has 0 radical (unpaired) electrons. The number of hydrogen-bond donors (Lipinski definition) is 1. The summed E-state index contributed by atoms with van der Waals surface area (Å²) in [5.74, 6) is -0.464. The van der Waals surface area contributed by atoms with E-state index in [4.69, 9.17) is 0 Å². The molecule has 1 aromatic rings. The molecule has 0 atom stereocenters. The highest BCUT2D eigenvalue weighted by Gasteiger charge is 2.03. The molecule has 3 heteroatoms. The van der Waals surface area contributed by atoms with Crippen LogP contribution < -0.4 is 5.32 Å². The third kappa shape index (κ3) is 5.49. The Kier molecular flexibility index (Phi) is 8.12. The van der Waals surface area contributed by atoms with Crippen molar-refractivity contribution in [3.63, 3.8) is 0 Å². The molecule has 0 spiro atoms. The van der Waals surface area contributed by atoms with Crippen LogP contribution in [0.3, 0.4) is 0 Å². The molecule has 0 heterocycles. The third-order valence-corrected chi connectivity index (χ3v) is 1.92. The summed E-state index contributed by atoms with van der Waals surface area (Å²) in [6.07, 6.45) is 2.01. The lowest BCUT2D eigenvalue weighted by Crippen LogP contribution is -2.24. The Morgan fingerprint density at radius 2 is 1.81 bits per heavy atom. The summed E-state index contributed by atoms with van der Waals surface area (Å²) in [4.78, 5) is 11.4. The summed E-state index contributed by atoms with van der Waals surface area (Å²) in [5.41, 5.74) is 0.502. The molecule has 0 unspecified atom stereocenters. The van der Waals surface area contributed by atoms with Crippen LogP contribution in [0.1, 0.15) is 44.0 Å². The lowest BCUT2D eigenvalue weighted by atomic mass is 10.2. The Balaban J connectivity index is 0.00000106. The van der Waals surface area contributed by atoms with E-state index in [1.165, 1.54) is 24.3 Å². The zero-order valence-electron chi connectivity index (χ0n) is 10.2. The largest absolute Gasteiger partial charge is 0.352 e. The van der Waals surface area contributed by atoms with Crippen LogP contribution >= 0.6 is 0 Å². The Labute approximate surface area is 96.9 Å². The molecule has 1 N–H and O–H groups in total. The average molecular weight is 225 g/mol. The van der Waals surface area contributed by atoms with Crippen LogP contribution in [0.4, 0.5) is 4.39 Å². The van der Waals surface area contributed by atoms with Gasteiger partial charge >= 0.3 is 0 Å². The molecule has 0 bridgehead atoms. The minimum absolute atomic E-state index is 0.140. The van der Waals surface area contributed by atoms with Gasteiger partial charge in [-0.3, -0.25) is 4.79 Å². The first-order valence-corrected chi connectivity index (χ1v) is 5.78. The quantitative estimate of drug-likeness (QED) is 0.782. The van der Waals surface area contributed by atoms with E-state index in [9.17, 15) is 9.18 Å². The van der Waals surface area contributed by atoms with Gasteiger partial charge in [0.2, 0.25) is 0 Å². The standard InChI is InChI=1S/C11H14FNO.C2H6/c1-2-3-8-13-11(14)9-4-6-10(12)7-5-9;1-2/h4-7H,2-3,8H2,1H3,(H,13,14);1-2H3. The highest BCUT2D eigenvalue weighted by atomic mass is 19.1. The summed E-state index contributed by atoms with van der Waals surface area (Å²) in [6, 6.07) is 5.54. The molecule has 0 fully saturated rings. The van der Waals surface area contributed by atoms with Crippen molar-refractivity contribution in [3.8, 4) is 0 Å². The van der Waals surface area contributed by atoms with Crippen molar-refractivity contribution in [2.24, 2.45) is 0 Å². The fraction of sp³-hybridized carbons (Fsp3) is 0.462. The number of halogens is 1. The predicted octanol–water partition coefficient (Wildman–Crippen LogP) is 3.38. The fourth-order valence-corrected chi connectivity index (χ4v) is 1.08. The molecule has 1 rings (SSSR count). The smallest absolute Gasteiger partial charge is 0.251 e. The molecular formula is C13H20FNO. The maximum absolute atomic E-state index is 12.5. The first-order chi connectivity index (χ1) is 7.74. The second-order valence-corrected chi connectivity index (χ2v) is 3.12. The van der Waals surface area contributed by atoms with Crippen molar-refractivity contribution in [1.82, 2.24) is 5.32 Å². The summed E-state index contributed by atoms with van der Waals surface area (Å²) >= 11 is 0. The highest BCUT2D eigenvalue weighted by Crippen LogP contribution is 2.02. The normalized spacial score (nSPS) is 9.00. The van der Waals surface area contributed by atoms with Crippen molar-refractivity contribution in [2.45, 2.75) is 33.6 Å². The van der Waals surface area contributed by atoms with Crippen LogP contribution in [0.15, 0.2) is 24.3 Å². The molecule has 1 aromatic carbocycles. The van der Waals surface area contributed by atoms with Crippen LogP contribution in [0.5, 0.6) is 0 Å². The van der Waals surface area contributed by atoms with Gasteiger partial charge in [0, 0.05) is 12.1 Å². The van der Waals surface area contributed by atoms with Gasteiger partial charge in [0.15, 0.2) is 0 Å². The van der Waals surface area contributed by atoms with Gasteiger partial charge in [-0.2, -0.15) is 0 Å². The molecule has 2 nitrogen and oxygen atoms in total. The maximum Gasteiger partial charge on any atom is 0.251 e. The lowest BCUT2D eigenvalue weighted by Gasteiger charge is -2.03. The first kappa shape index (κ1) is 14.6. The van der Waals surface area contributed by atoms with Crippen LogP contribution in [-0.4, -0.2) is 12.5 Å². The molecule has 0 saturated heterocycles. The van der Waals surface area contributed by atoms with Crippen LogP contribution in [-0.2, 0) is 0 Å². The number of unbranched alkanes of at least 4 members (excludes halogenated alkanes) is 1. The molecule has 16 heavy (non-hydrogen) atoms. The summed E-state index contributed by atoms with van der Waals surface area (Å²) in [5, 5.41) is 2.76. The van der Waals surface area contributed by atoms with Gasteiger partial charge in [-0.25, -0.2) is 4.39 Å². The van der Waals surface area contributed by atoms with Gasteiger partial charge in [0.05, 0.1) is 0 Å². The zero-order chi connectivity index (χ0) is 12.4. The first-order valence-electron chi connectivity index (χ1n) is 5.78. The molecule has 1 amide bonds. The predicted molar refractivity (Wildman–Crippen MR) is 65.0 cm³/mol. The van der Waals surface area contributed by atoms with E-state index in [0.717, 1.165) is 12.8 Å². The van der Waals surface area contributed by atoms with Crippen LogP contribution in [0.2, 0.25) is 0 Å². The van der Waals surface area contributed by atoms with E-state index in [1.54, 1.807) is 0 Å². The molecule has 0 aliphatic heterocycles. The van der Waals surface area contributed by atoms with E-state index < -0.39 is 0 Å². The minimum atomic E-state index is -0.324. The van der Waals surface area contributed by atoms with E-state index in [1.807, 2.05) is 13.8 Å². The molecule has 0 aliphatic carbocycles. The molecule has 0 aliphatic rings. The van der Waals surface area contributed by atoms with E-state index >= 15 is 0 Å². The van der Waals surface area contributed by atoms with E-state index in [0.29, 0.717) is 12.1 Å². The number of nitrogens with one attached hydrogen (secondary N) is 1. The summed E-state index contributed by atoms with van der Waals surface area (Å²) < 4.78 is 12.5. The van der Waals surface area contributed by atoms with E-state index in [-0.39, 0.29) is 11.7 Å². The summed E-state index contributed by atoms with van der Waals surface area (Å²) in [7, 11) is 0. The lowest BCUT2D eigenvalue weighted by molar-refractivity contribution is 0.0953. The van der Waals surface area contributed by atoms with Gasteiger partial charge in [-0.05, 0) is 30.7 Å². The number of amides is 1. The second kappa shape index (κ2) is 8.89. The van der Waals surface area contributed by atoms with Crippen molar-refractivity contribution < 1.29 is 9.18 Å². The minimum Gasteiger partial charge on any atom is -0.352 e. The van der Waals surface area contributed by atoms with Gasteiger partial charge in [-0.15, -0.1) is 0 Å². The Morgan fingerprint density at radius 3 is 2.31 bits per heavy atom. The van der Waals surface area contributed by atoms with Crippen molar-refractivity contribution >= 4 is 5.91 Å². The van der Waals surface area contributed by atoms with Crippen molar-refractivity contribution in [1.29, 1.82) is 0 Å². The number of rotatable bonds is 4. The summed E-state index contributed by atoms with van der Waals surface area (Å²) in [6.45, 7) is 6.73. The van der Waals surface area contributed by atoms with Crippen LogP contribution in [0.25, 0.3) is 0 Å². The SMILES string of the molecule is CC.CCCCNC(=O)c1ccc(F)cc1. The maximum atomic E-state index is 12.5. The molecule has 0 saturated carbocycles. The second-order valence-electron chi connectivity index (χ2n) is 3.12. The van der Waals surface area contributed by atoms with Gasteiger partial charge in [0.25, 0.3) is 5.91 Å². The fourth-order valence-electron chi connectivity index (χ4n) is 1.08. The Bertz CT molecular complexity index is 295. The zero-order valence-corrected chi connectivity index (χ0v) is 10.2. The molecular weight excluding hydrogens is 205 g/mol. The topological polar surface area (TPSA) is 29.1 Å². The number of carbonyl (C=O) groups excluding carboxylic acids is 1. The van der Waals surface area contributed by atoms with Gasteiger partial charge in [0.1, 0.15) is 5.82 Å². The highest BCUT2D eigenvalue weighted by molar-refractivity contribution is 5.94. The van der Waals surface area contributed by atoms with Gasteiger partial charge < -0.3 is 5.32 Å².